The Labute approximate surface area is 336 Å². The Hall–Kier alpha value is -7.68. The van der Waals surface area contributed by atoms with Crippen LogP contribution in [0.3, 0.4) is 0 Å². The van der Waals surface area contributed by atoms with Gasteiger partial charge in [-0.1, -0.05) is 152 Å². The molecule has 0 saturated carbocycles. The molecule has 0 radical (unpaired) electrons. The highest BCUT2D eigenvalue weighted by molar-refractivity contribution is 6.18. The summed E-state index contributed by atoms with van der Waals surface area (Å²) in [6, 6.07) is 62.6. The van der Waals surface area contributed by atoms with Gasteiger partial charge in [0.05, 0.1) is 28.1 Å². The van der Waals surface area contributed by atoms with Crippen molar-refractivity contribution < 1.29 is 0 Å². The molecule has 2 heterocycles. The molecule has 2 aliphatic carbocycles. The van der Waals surface area contributed by atoms with Gasteiger partial charge in [-0.2, -0.15) is 5.26 Å². The van der Waals surface area contributed by atoms with E-state index in [0.29, 0.717) is 23.0 Å². The third kappa shape index (κ3) is 5.12. The second-order valence-corrected chi connectivity index (χ2v) is 15.0. The minimum absolute atomic E-state index is 0.490. The Balaban J connectivity index is 1.15. The monoisotopic (exact) mass is 741 g/mol. The second kappa shape index (κ2) is 13.5. The van der Waals surface area contributed by atoms with Gasteiger partial charge in [0.15, 0.2) is 17.5 Å². The summed E-state index contributed by atoms with van der Waals surface area (Å²) < 4.78 is 2.38. The predicted molar refractivity (Wildman–Crippen MR) is 233 cm³/mol. The number of allylic oxidation sites excluding steroid dienone is 4. The van der Waals surface area contributed by atoms with Gasteiger partial charge in [-0.25, -0.2) is 15.0 Å². The SMILES string of the molecule is N#Cc1cccc(-c2nc(C3=CC=CCC3)nc(-c3cccc(-n4c5ccccc5c5c6c(ccc54)C(c4ccccc4)(c4ccccc4)c4ccccc4-6)c3)n2)c1. The lowest BCUT2D eigenvalue weighted by molar-refractivity contribution is 0.769. The van der Waals surface area contributed by atoms with Gasteiger partial charge >= 0.3 is 0 Å². The van der Waals surface area contributed by atoms with Crippen molar-refractivity contribution in [1.82, 2.24) is 19.5 Å². The van der Waals surface area contributed by atoms with Gasteiger partial charge in [0.1, 0.15) is 0 Å². The second-order valence-electron chi connectivity index (χ2n) is 15.0. The van der Waals surface area contributed by atoms with E-state index in [1.165, 1.54) is 44.2 Å². The van der Waals surface area contributed by atoms with Crippen LogP contribution in [0.2, 0.25) is 0 Å². The Morgan fingerprint density at radius 3 is 1.98 bits per heavy atom. The average Bonchev–Trinajstić information content (AvgIpc) is 3.81. The van der Waals surface area contributed by atoms with Gasteiger partial charge < -0.3 is 4.57 Å². The molecule has 9 aromatic rings. The first-order valence-electron chi connectivity index (χ1n) is 19.7. The van der Waals surface area contributed by atoms with E-state index in [1.54, 1.807) is 6.07 Å². The fourth-order valence-corrected chi connectivity index (χ4v) is 9.35. The lowest BCUT2D eigenvalue weighted by Gasteiger charge is -2.33. The van der Waals surface area contributed by atoms with Crippen molar-refractivity contribution in [3.63, 3.8) is 0 Å². The fraction of sp³-hybridized carbons (Fsp3) is 0.0566. The van der Waals surface area contributed by atoms with Gasteiger partial charge in [0.25, 0.3) is 0 Å². The Kier molecular flexibility index (Phi) is 7.84. The molecule has 0 N–H and O–H groups in total. The zero-order chi connectivity index (χ0) is 38.6. The van der Waals surface area contributed by atoms with Crippen LogP contribution < -0.4 is 0 Å². The summed E-state index contributed by atoms with van der Waals surface area (Å²) in [5.41, 5.74) is 13.7. The van der Waals surface area contributed by atoms with Crippen LogP contribution >= 0.6 is 0 Å². The van der Waals surface area contributed by atoms with Crippen molar-refractivity contribution in [2.24, 2.45) is 0 Å². The zero-order valence-electron chi connectivity index (χ0n) is 31.5. The van der Waals surface area contributed by atoms with Crippen molar-refractivity contribution >= 4 is 27.4 Å². The maximum absolute atomic E-state index is 9.68. The van der Waals surface area contributed by atoms with Crippen LogP contribution in [-0.4, -0.2) is 19.5 Å². The molecule has 2 aliphatic rings. The molecule has 58 heavy (non-hydrogen) atoms. The van der Waals surface area contributed by atoms with E-state index < -0.39 is 5.41 Å². The lowest BCUT2D eigenvalue weighted by Crippen LogP contribution is -2.28. The number of hydrogen-bond donors (Lipinski definition) is 0. The molecule has 5 nitrogen and oxygen atoms in total. The molecular formula is C53H35N5. The Morgan fingerprint density at radius 1 is 0.569 bits per heavy atom. The number of para-hydroxylation sites is 1. The summed E-state index contributed by atoms with van der Waals surface area (Å²) in [6.45, 7) is 0. The molecule has 0 saturated heterocycles. The molecule has 0 unspecified atom stereocenters. The van der Waals surface area contributed by atoms with E-state index in [0.717, 1.165) is 46.3 Å². The summed E-state index contributed by atoms with van der Waals surface area (Å²) in [5.74, 6) is 1.79. The van der Waals surface area contributed by atoms with Gasteiger partial charge in [0, 0.05) is 27.6 Å². The molecule has 0 spiro atoms. The van der Waals surface area contributed by atoms with E-state index in [9.17, 15) is 5.26 Å². The molecule has 7 aromatic carbocycles. The third-order valence-electron chi connectivity index (χ3n) is 11.8. The van der Waals surface area contributed by atoms with E-state index >= 15 is 0 Å². The van der Waals surface area contributed by atoms with Crippen LogP contribution in [0, 0.1) is 11.3 Å². The van der Waals surface area contributed by atoms with Crippen molar-refractivity contribution in [2.45, 2.75) is 18.3 Å². The van der Waals surface area contributed by atoms with Crippen molar-refractivity contribution in [2.75, 3.05) is 0 Å². The molecule has 272 valence electrons. The van der Waals surface area contributed by atoms with Crippen LogP contribution in [0.1, 0.15) is 46.5 Å². The van der Waals surface area contributed by atoms with Crippen LogP contribution in [0.15, 0.2) is 188 Å². The summed E-state index contributed by atoms with van der Waals surface area (Å²) in [4.78, 5) is 15.1. The number of hydrogen-bond acceptors (Lipinski definition) is 4. The standard InChI is InChI=1S/C53H35N5/c54-34-35-16-14-19-37(32-35)51-55-50(36-17-4-1-5-18-36)56-52(57-51)38-20-15-25-41(33-38)58-46-29-13-11-27-43(46)49-47(58)31-30-45-48(49)42-26-10-12-28-44(42)53(45,39-21-6-2-7-22-39)40-23-8-3-9-24-40/h1-4,6-17,19-33H,5,18H2. The normalized spacial score (nSPS) is 13.9. The van der Waals surface area contributed by atoms with Crippen LogP contribution in [0.4, 0.5) is 0 Å². The van der Waals surface area contributed by atoms with E-state index in [1.807, 2.05) is 18.2 Å². The highest BCUT2D eigenvalue weighted by Gasteiger charge is 2.47. The van der Waals surface area contributed by atoms with E-state index in [2.05, 4.69) is 174 Å². The predicted octanol–water partition coefficient (Wildman–Crippen LogP) is 12.3. The number of nitriles is 1. The number of aromatic nitrogens is 4. The quantitative estimate of drug-likeness (QED) is 0.170. The number of rotatable bonds is 6. The third-order valence-corrected chi connectivity index (χ3v) is 11.8. The average molecular weight is 742 g/mol. The summed E-state index contributed by atoms with van der Waals surface area (Å²) in [6.07, 6.45) is 8.10. The van der Waals surface area contributed by atoms with Crippen LogP contribution in [0.5, 0.6) is 0 Å². The molecule has 5 heteroatoms. The summed E-state index contributed by atoms with van der Waals surface area (Å²) in [7, 11) is 0. The van der Waals surface area contributed by atoms with Crippen molar-refractivity contribution in [3.05, 3.63) is 222 Å². The van der Waals surface area contributed by atoms with Gasteiger partial charge in [-0.3, -0.25) is 0 Å². The van der Waals surface area contributed by atoms with Crippen molar-refractivity contribution in [1.29, 1.82) is 5.26 Å². The van der Waals surface area contributed by atoms with E-state index in [-0.39, 0.29) is 0 Å². The lowest BCUT2D eigenvalue weighted by atomic mass is 9.67. The minimum Gasteiger partial charge on any atom is -0.309 e. The topological polar surface area (TPSA) is 67.4 Å². The zero-order valence-corrected chi connectivity index (χ0v) is 31.5. The highest BCUT2D eigenvalue weighted by Crippen LogP contribution is 2.58. The van der Waals surface area contributed by atoms with Gasteiger partial charge in [0.2, 0.25) is 0 Å². The molecule has 0 atom stereocenters. The number of fused-ring (bicyclic) bond motifs is 7. The highest BCUT2D eigenvalue weighted by atomic mass is 15.0. The largest absolute Gasteiger partial charge is 0.309 e. The smallest absolute Gasteiger partial charge is 0.164 e. The molecule has 0 fully saturated rings. The molecule has 0 amide bonds. The number of benzene rings is 7. The van der Waals surface area contributed by atoms with Crippen molar-refractivity contribution in [3.8, 4) is 45.7 Å². The number of nitrogens with zero attached hydrogens (tertiary/aromatic N) is 5. The van der Waals surface area contributed by atoms with E-state index in [4.69, 9.17) is 15.0 Å². The molecule has 11 rings (SSSR count). The Bertz CT molecular complexity index is 3140. The summed E-state index contributed by atoms with van der Waals surface area (Å²) >= 11 is 0. The molecular weight excluding hydrogens is 707 g/mol. The first-order valence-corrected chi connectivity index (χ1v) is 19.7. The fourth-order valence-electron chi connectivity index (χ4n) is 9.35. The molecule has 2 aromatic heterocycles. The maximum Gasteiger partial charge on any atom is 0.164 e. The van der Waals surface area contributed by atoms with Gasteiger partial charge in [-0.15, -0.1) is 0 Å². The Morgan fingerprint density at radius 2 is 1.24 bits per heavy atom. The van der Waals surface area contributed by atoms with Gasteiger partial charge in [-0.05, 0) is 88.2 Å². The first kappa shape index (κ1) is 33.6. The maximum atomic E-state index is 9.68. The molecule has 0 bridgehead atoms. The molecule has 0 aliphatic heterocycles. The minimum atomic E-state index is -0.490. The van der Waals surface area contributed by atoms with Crippen LogP contribution in [-0.2, 0) is 5.41 Å². The van der Waals surface area contributed by atoms with Crippen LogP contribution in [0.25, 0.3) is 67.0 Å². The summed E-state index contributed by atoms with van der Waals surface area (Å²) in [5, 5.41) is 12.1. The first-order chi connectivity index (χ1) is 28.7.